The van der Waals surface area contributed by atoms with Gasteiger partial charge in [-0.1, -0.05) is 0 Å². The van der Waals surface area contributed by atoms with Crippen LogP contribution in [0.15, 0.2) is 42.6 Å². The van der Waals surface area contributed by atoms with E-state index >= 15 is 0 Å². The van der Waals surface area contributed by atoms with Crippen LogP contribution in [0.1, 0.15) is 12.8 Å². The van der Waals surface area contributed by atoms with Crippen molar-refractivity contribution in [3.05, 3.63) is 52.7 Å². The van der Waals surface area contributed by atoms with Gasteiger partial charge in [0.1, 0.15) is 0 Å². The third-order valence-electron chi connectivity index (χ3n) is 6.22. The fraction of sp³-hybridized carbons (Fsp3) is 0.500. The summed E-state index contributed by atoms with van der Waals surface area (Å²) in [7, 11) is 2.00. The summed E-state index contributed by atoms with van der Waals surface area (Å²) in [5.74, 6) is 1.04. The highest BCUT2D eigenvalue weighted by atomic mass is 16.6. The topological polar surface area (TPSA) is 99.0 Å². The first-order chi connectivity index (χ1) is 15.5. The average molecular weight is 440 g/mol. The Labute approximate surface area is 187 Å². The van der Waals surface area contributed by atoms with Crippen LogP contribution in [-0.2, 0) is 4.79 Å². The van der Waals surface area contributed by atoms with Crippen molar-refractivity contribution in [3.63, 3.8) is 0 Å². The largest absolute Gasteiger partial charge is 0.368 e. The summed E-state index contributed by atoms with van der Waals surface area (Å²) < 4.78 is 0. The molecule has 2 aliphatic rings. The van der Waals surface area contributed by atoms with Crippen molar-refractivity contribution in [3.8, 4) is 0 Å². The van der Waals surface area contributed by atoms with Crippen LogP contribution in [0.3, 0.4) is 0 Å². The zero-order chi connectivity index (χ0) is 22.5. The fourth-order valence-corrected chi connectivity index (χ4v) is 4.53. The summed E-state index contributed by atoms with van der Waals surface area (Å²) in [5, 5.41) is 19.1. The molecule has 0 saturated carbocycles. The van der Waals surface area contributed by atoms with E-state index in [9.17, 15) is 14.9 Å². The van der Waals surface area contributed by atoms with Gasteiger partial charge < -0.3 is 14.7 Å². The van der Waals surface area contributed by atoms with Crippen LogP contribution in [0, 0.1) is 10.1 Å². The number of amides is 1. The molecule has 10 heteroatoms. The van der Waals surface area contributed by atoms with Crippen LogP contribution in [0.4, 0.5) is 17.2 Å². The summed E-state index contributed by atoms with van der Waals surface area (Å²) in [6.07, 6.45) is 3.89. The molecule has 2 aliphatic heterocycles. The van der Waals surface area contributed by atoms with Gasteiger partial charge in [0.2, 0.25) is 5.91 Å². The Hall–Kier alpha value is -3.27. The van der Waals surface area contributed by atoms with Gasteiger partial charge in [-0.05, 0) is 44.2 Å². The van der Waals surface area contributed by atoms with E-state index in [2.05, 4.69) is 24.9 Å². The van der Waals surface area contributed by atoms with E-state index in [1.807, 2.05) is 24.1 Å². The van der Waals surface area contributed by atoms with Gasteiger partial charge in [-0.2, -0.15) is 5.10 Å². The van der Waals surface area contributed by atoms with Crippen molar-refractivity contribution in [2.24, 2.45) is 0 Å². The van der Waals surface area contributed by atoms with Gasteiger partial charge in [-0.25, -0.2) is 0 Å². The Kier molecular flexibility index (Phi) is 6.79. The number of aromatic nitrogens is 2. The first-order valence-electron chi connectivity index (χ1n) is 11.0. The highest BCUT2D eigenvalue weighted by Gasteiger charge is 2.28. The number of anilines is 2. The van der Waals surface area contributed by atoms with E-state index in [4.69, 9.17) is 0 Å². The lowest BCUT2D eigenvalue weighted by Crippen LogP contribution is -2.51. The average Bonchev–Trinajstić information content (AvgIpc) is 3.27. The molecule has 1 aromatic carbocycles. The lowest BCUT2D eigenvalue weighted by atomic mass is 10.2. The number of carbonyl (C=O) groups excluding carboxylic acids is 1. The van der Waals surface area contributed by atoms with Gasteiger partial charge in [0.25, 0.3) is 5.69 Å². The molecule has 4 rings (SSSR count). The molecule has 2 aromatic rings. The number of nitro benzene ring substituents is 1. The summed E-state index contributed by atoms with van der Waals surface area (Å²) in [4.78, 5) is 31.7. The summed E-state index contributed by atoms with van der Waals surface area (Å²) in [5.41, 5.74) is 1.04. The second-order valence-electron chi connectivity index (χ2n) is 8.41. The quantitative estimate of drug-likeness (QED) is 0.474. The predicted molar refractivity (Wildman–Crippen MR) is 122 cm³/mol. The number of non-ortho nitro benzene ring substituents is 1. The Balaban J connectivity index is 1.25. The van der Waals surface area contributed by atoms with E-state index < -0.39 is 4.92 Å². The Morgan fingerprint density at radius 3 is 2.56 bits per heavy atom. The van der Waals surface area contributed by atoms with Gasteiger partial charge in [0.15, 0.2) is 5.82 Å². The predicted octanol–water partition coefficient (Wildman–Crippen LogP) is 1.63. The third-order valence-corrected chi connectivity index (χ3v) is 6.22. The van der Waals surface area contributed by atoms with Crippen molar-refractivity contribution in [1.29, 1.82) is 0 Å². The van der Waals surface area contributed by atoms with Crippen LogP contribution in [0.25, 0.3) is 0 Å². The van der Waals surface area contributed by atoms with Crippen molar-refractivity contribution in [2.75, 3.05) is 62.7 Å². The first kappa shape index (κ1) is 21.9. The van der Waals surface area contributed by atoms with Gasteiger partial charge in [-0.15, -0.1) is 5.10 Å². The number of piperazine rings is 1. The van der Waals surface area contributed by atoms with Gasteiger partial charge >= 0.3 is 0 Å². The van der Waals surface area contributed by atoms with E-state index in [0.29, 0.717) is 25.7 Å². The maximum absolute atomic E-state index is 12.9. The Morgan fingerprint density at radius 2 is 1.91 bits per heavy atom. The molecule has 32 heavy (non-hydrogen) atoms. The molecular formula is C22H29N7O3. The fourth-order valence-electron chi connectivity index (χ4n) is 4.53. The molecule has 1 unspecified atom stereocenters. The minimum atomic E-state index is -0.394. The standard InChI is InChI=1S/C22H29N7O3/c1-25(16-20-4-3-11-28(20)21-5-2-10-23-24-21)17-22(30)27-14-12-26(13-15-27)18-6-8-19(9-7-18)29(31)32/h2,5-10,20H,3-4,11-17H2,1H3. The van der Waals surface area contributed by atoms with Crippen molar-refractivity contribution < 1.29 is 9.72 Å². The van der Waals surface area contributed by atoms with E-state index in [0.717, 1.165) is 50.5 Å². The highest BCUT2D eigenvalue weighted by molar-refractivity contribution is 5.78. The molecule has 3 heterocycles. The smallest absolute Gasteiger partial charge is 0.269 e. The Morgan fingerprint density at radius 1 is 1.16 bits per heavy atom. The van der Waals surface area contributed by atoms with Crippen molar-refractivity contribution in [1.82, 2.24) is 20.0 Å². The maximum atomic E-state index is 12.9. The summed E-state index contributed by atoms with van der Waals surface area (Å²) in [6.45, 7) is 4.91. The SMILES string of the molecule is CN(CC(=O)N1CCN(c2ccc([N+](=O)[O-])cc2)CC1)CC1CCCN1c1cccnn1. The molecule has 0 N–H and O–H groups in total. The van der Waals surface area contributed by atoms with Crippen molar-refractivity contribution in [2.45, 2.75) is 18.9 Å². The van der Waals surface area contributed by atoms with Crippen molar-refractivity contribution >= 4 is 23.1 Å². The number of nitro groups is 1. The minimum Gasteiger partial charge on any atom is -0.368 e. The molecular weight excluding hydrogens is 410 g/mol. The third kappa shape index (κ3) is 5.13. The molecule has 2 fully saturated rings. The molecule has 0 bridgehead atoms. The van der Waals surface area contributed by atoms with Gasteiger partial charge in [-0.3, -0.25) is 19.8 Å². The molecule has 1 aromatic heterocycles. The molecule has 0 spiro atoms. The zero-order valence-electron chi connectivity index (χ0n) is 18.3. The number of benzene rings is 1. The summed E-state index contributed by atoms with van der Waals surface area (Å²) >= 11 is 0. The minimum absolute atomic E-state index is 0.0886. The molecule has 0 aliphatic carbocycles. The van der Waals surface area contributed by atoms with E-state index in [1.165, 1.54) is 12.1 Å². The lowest BCUT2D eigenvalue weighted by Gasteiger charge is -2.37. The monoisotopic (exact) mass is 439 g/mol. The second-order valence-corrected chi connectivity index (χ2v) is 8.41. The second kappa shape index (κ2) is 9.90. The van der Waals surface area contributed by atoms with Crippen LogP contribution < -0.4 is 9.80 Å². The zero-order valence-corrected chi connectivity index (χ0v) is 18.3. The van der Waals surface area contributed by atoms with E-state index in [-0.39, 0.29) is 11.6 Å². The molecule has 2 saturated heterocycles. The molecule has 170 valence electrons. The number of carbonyl (C=O) groups is 1. The summed E-state index contributed by atoms with van der Waals surface area (Å²) in [6, 6.07) is 10.8. The van der Waals surface area contributed by atoms with Crippen LogP contribution in [-0.4, -0.2) is 89.7 Å². The maximum Gasteiger partial charge on any atom is 0.269 e. The normalized spacial score (nSPS) is 18.9. The first-order valence-corrected chi connectivity index (χ1v) is 11.0. The van der Waals surface area contributed by atoms with Gasteiger partial charge in [0.05, 0.1) is 11.5 Å². The number of rotatable bonds is 7. The molecule has 1 amide bonds. The number of nitrogens with zero attached hydrogens (tertiary/aromatic N) is 7. The number of hydrogen-bond donors (Lipinski definition) is 0. The Bertz CT molecular complexity index is 917. The van der Waals surface area contributed by atoms with Crippen LogP contribution in [0.2, 0.25) is 0 Å². The number of hydrogen-bond acceptors (Lipinski definition) is 8. The van der Waals surface area contributed by atoms with E-state index in [1.54, 1.807) is 18.3 Å². The number of likely N-dealkylation sites (N-methyl/N-ethyl adjacent to an activating group) is 1. The van der Waals surface area contributed by atoms with Gasteiger partial charge in [0, 0.05) is 69.3 Å². The lowest BCUT2D eigenvalue weighted by molar-refractivity contribution is -0.384. The van der Waals surface area contributed by atoms with Crippen LogP contribution >= 0.6 is 0 Å². The molecule has 10 nitrogen and oxygen atoms in total. The van der Waals surface area contributed by atoms with Crippen LogP contribution in [0.5, 0.6) is 0 Å². The highest BCUT2D eigenvalue weighted by Crippen LogP contribution is 2.24. The molecule has 1 atom stereocenters. The molecule has 0 radical (unpaired) electrons.